The predicted molar refractivity (Wildman–Crippen MR) is 35.6 cm³/mol. The minimum Gasteiger partial charge on any atom is -0.480 e. The Morgan fingerprint density at radius 3 is 2.40 bits per heavy atom. The van der Waals surface area contributed by atoms with Crippen LogP contribution in [0.5, 0.6) is 0 Å². The summed E-state index contributed by atoms with van der Waals surface area (Å²) in [5.41, 5.74) is 0. The van der Waals surface area contributed by atoms with E-state index in [0.29, 0.717) is 0 Å². The van der Waals surface area contributed by atoms with E-state index in [1.54, 1.807) is 6.92 Å². The Hall–Kier alpha value is -0.460. The number of aliphatic carboxylic acids is 1. The molecule has 6 heteroatoms. The van der Waals surface area contributed by atoms with Gasteiger partial charge >= 0.3 is 5.97 Å². The van der Waals surface area contributed by atoms with Crippen molar-refractivity contribution in [1.82, 2.24) is 4.72 Å². The SMILES string of the molecule is CCC(NS(=O)O)C(=O)O. The number of carboxylic acid groups (broad SMARTS) is 1. The lowest BCUT2D eigenvalue weighted by atomic mass is 10.2. The van der Waals surface area contributed by atoms with Crippen LogP contribution >= 0.6 is 0 Å². The molecule has 0 aliphatic heterocycles. The van der Waals surface area contributed by atoms with Crippen molar-refractivity contribution in [3.63, 3.8) is 0 Å². The summed E-state index contributed by atoms with van der Waals surface area (Å²) < 4.78 is 20.2. The van der Waals surface area contributed by atoms with Crippen molar-refractivity contribution in [1.29, 1.82) is 0 Å². The van der Waals surface area contributed by atoms with Crippen molar-refractivity contribution in [3.05, 3.63) is 0 Å². The zero-order chi connectivity index (χ0) is 8.15. The molecule has 5 nitrogen and oxygen atoms in total. The third kappa shape index (κ3) is 3.54. The van der Waals surface area contributed by atoms with Gasteiger partial charge in [0.15, 0.2) is 0 Å². The largest absolute Gasteiger partial charge is 0.480 e. The number of nitrogens with one attached hydrogen (secondary N) is 1. The van der Waals surface area contributed by atoms with Gasteiger partial charge in [0.2, 0.25) is 11.3 Å². The van der Waals surface area contributed by atoms with Crippen LogP contribution in [0.3, 0.4) is 0 Å². The van der Waals surface area contributed by atoms with Crippen LogP contribution in [0.2, 0.25) is 0 Å². The fourth-order valence-electron chi connectivity index (χ4n) is 0.430. The molecule has 0 bridgehead atoms. The third-order valence-corrected chi connectivity index (χ3v) is 1.44. The summed E-state index contributed by atoms with van der Waals surface area (Å²) in [5, 5.41) is 8.31. The van der Waals surface area contributed by atoms with E-state index in [-0.39, 0.29) is 6.42 Å². The average Bonchev–Trinajstić information content (AvgIpc) is 1.81. The van der Waals surface area contributed by atoms with E-state index in [0.717, 1.165) is 0 Å². The molecule has 2 atom stereocenters. The zero-order valence-corrected chi connectivity index (χ0v) is 6.22. The van der Waals surface area contributed by atoms with Crippen LogP contribution in [0.4, 0.5) is 0 Å². The second-order valence-electron chi connectivity index (χ2n) is 1.67. The van der Waals surface area contributed by atoms with E-state index in [4.69, 9.17) is 9.66 Å². The van der Waals surface area contributed by atoms with Gasteiger partial charge in [-0.3, -0.25) is 9.35 Å². The standard InChI is InChI=1S/C4H9NO4S/c1-2-3(4(6)7)5-10(8)9/h3,5H,2H2,1H3,(H,6,7)(H,8,9). The summed E-state index contributed by atoms with van der Waals surface area (Å²) in [6.07, 6.45) is 0.279. The lowest BCUT2D eigenvalue weighted by Gasteiger charge is -2.06. The molecule has 60 valence electrons. The molecule has 0 spiro atoms. The zero-order valence-electron chi connectivity index (χ0n) is 5.40. The number of carboxylic acids is 1. The van der Waals surface area contributed by atoms with Gasteiger partial charge < -0.3 is 5.11 Å². The molecule has 0 aromatic heterocycles. The highest BCUT2D eigenvalue weighted by Crippen LogP contribution is 1.90. The lowest BCUT2D eigenvalue weighted by Crippen LogP contribution is -2.36. The van der Waals surface area contributed by atoms with Crippen molar-refractivity contribution in [2.75, 3.05) is 0 Å². The normalized spacial score (nSPS) is 16.2. The van der Waals surface area contributed by atoms with E-state index in [1.165, 1.54) is 0 Å². The van der Waals surface area contributed by atoms with Gasteiger partial charge in [-0.05, 0) is 6.42 Å². The lowest BCUT2D eigenvalue weighted by molar-refractivity contribution is -0.139. The first kappa shape index (κ1) is 9.54. The van der Waals surface area contributed by atoms with Crippen LogP contribution in [0.15, 0.2) is 0 Å². The van der Waals surface area contributed by atoms with Crippen LogP contribution in [0, 0.1) is 0 Å². The Labute approximate surface area is 60.9 Å². The molecule has 0 fully saturated rings. The molecule has 3 N–H and O–H groups in total. The Morgan fingerprint density at radius 2 is 2.30 bits per heavy atom. The highest BCUT2D eigenvalue weighted by molar-refractivity contribution is 7.77. The fraction of sp³-hybridized carbons (Fsp3) is 0.750. The van der Waals surface area contributed by atoms with Gasteiger partial charge in [-0.15, -0.1) is 0 Å². The molecular weight excluding hydrogens is 158 g/mol. The fourth-order valence-corrected chi connectivity index (χ4v) is 0.941. The molecule has 2 unspecified atom stereocenters. The molecule has 10 heavy (non-hydrogen) atoms. The van der Waals surface area contributed by atoms with Gasteiger partial charge in [0.1, 0.15) is 6.04 Å². The summed E-state index contributed by atoms with van der Waals surface area (Å²) in [5.74, 6) is -1.12. The quantitative estimate of drug-likeness (QED) is 0.496. The van der Waals surface area contributed by atoms with Gasteiger partial charge in [-0.1, -0.05) is 6.92 Å². The first-order chi connectivity index (χ1) is 4.57. The van der Waals surface area contributed by atoms with Crippen molar-refractivity contribution < 1.29 is 18.7 Å². The molecule has 0 rings (SSSR count). The molecule has 0 radical (unpaired) electrons. The highest BCUT2D eigenvalue weighted by atomic mass is 32.2. The first-order valence-electron chi connectivity index (χ1n) is 2.67. The summed E-state index contributed by atoms with van der Waals surface area (Å²) in [7, 11) is 0. The van der Waals surface area contributed by atoms with Crippen molar-refractivity contribution in [2.45, 2.75) is 19.4 Å². The van der Waals surface area contributed by atoms with Crippen LogP contribution in [-0.2, 0) is 16.1 Å². The van der Waals surface area contributed by atoms with E-state index >= 15 is 0 Å². The highest BCUT2D eigenvalue weighted by Gasteiger charge is 2.15. The minimum atomic E-state index is -2.25. The first-order valence-corrected chi connectivity index (χ1v) is 3.78. The maximum absolute atomic E-state index is 10.2. The maximum Gasteiger partial charge on any atom is 0.321 e. The Bertz CT molecular complexity index is 148. The van der Waals surface area contributed by atoms with E-state index in [9.17, 15) is 9.00 Å². The summed E-state index contributed by atoms with van der Waals surface area (Å²) in [6, 6.07) is -0.939. The van der Waals surface area contributed by atoms with Crippen LogP contribution in [0.1, 0.15) is 13.3 Å². The predicted octanol–water partition coefficient (Wildman–Crippen LogP) is -0.424. The number of hydrogen-bond donors (Lipinski definition) is 3. The van der Waals surface area contributed by atoms with E-state index < -0.39 is 23.3 Å². The van der Waals surface area contributed by atoms with Crippen molar-refractivity contribution in [2.24, 2.45) is 0 Å². The van der Waals surface area contributed by atoms with Crippen LogP contribution in [0.25, 0.3) is 0 Å². The molecule has 0 saturated carbocycles. The number of rotatable bonds is 4. The number of carbonyl (C=O) groups is 1. The molecule has 0 saturated heterocycles. The second kappa shape index (κ2) is 4.37. The van der Waals surface area contributed by atoms with Gasteiger partial charge in [0, 0.05) is 0 Å². The molecule has 0 amide bonds. The monoisotopic (exact) mass is 167 g/mol. The van der Waals surface area contributed by atoms with Crippen LogP contribution in [-0.4, -0.2) is 25.9 Å². The summed E-state index contributed by atoms with van der Waals surface area (Å²) >= 11 is -2.25. The van der Waals surface area contributed by atoms with Crippen molar-refractivity contribution >= 4 is 17.2 Å². The number of hydrogen-bond acceptors (Lipinski definition) is 2. The topological polar surface area (TPSA) is 86.6 Å². The Morgan fingerprint density at radius 1 is 1.80 bits per heavy atom. The molecular formula is C4H9NO4S. The minimum absolute atomic E-state index is 0.279. The molecule has 0 aliphatic carbocycles. The second-order valence-corrected chi connectivity index (χ2v) is 2.40. The van der Waals surface area contributed by atoms with Gasteiger partial charge in [0.05, 0.1) is 0 Å². The van der Waals surface area contributed by atoms with Gasteiger partial charge in [-0.25, -0.2) is 8.93 Å². The molecule has 0 aromatic rings. The van der Waals surface area contributed by atoms with Crippen LogP contribution < -0.4 is 4.72 Å². The molecule has 0 heterocycles. The van der Waals surface area contributed by atoms with E-state index in [1.807, 2.05) is 4.72 Å². The smallest absolute Gasteiger partial charge is 0.321 e. The molecule has 0 aromatic carbocycles. The third-order valence-electron chi connectivity index (χ3n) is 0.949. The van der Waals surface area contributed by atoms with Gasteiger partial charge in [0.25, 0.3) is 0 Å². The van der Waals surface area contributed by atoms with E-state index in [2.05, 4.69) is 0 Å². The molecule has 0 aliphatic rings. The van der Waals surface area contributed by atoms with Gasteiger partial charge in [-0.2, -0.15) is 0 Å². The summed E-state index contributed by atoms with van der Waals surface area (Å²) in [4.78, 5) is 10.2. The Kier molecular flexibility index (Phi) is 4.17. The maximum atomic E-state index is 10.2. The Balaban J connectivity index is 3.83. The summed E-state index contributed by atoms with van der Waals surface area (Å²) in [6.45, 7) is 1.61. The van der Waals surface area contributed by atoms with Crippen molar-refractivity contribution in [3.8, 4) is 0 Å². The average molecular weight is 167 g/mol.